The predicted octanol–water partition coefficient (Wildman–Crippen LogP) is 3.15. The van der Waals surface area contributed by atoms with Crippen LogP contribution in [0, 0.1) is 11.8 Å². The Balaban J connectivity index is 2.00. The summed E-state index contributed by atoms with van der Waals surface area (Å²) in [5.74, 6) is -0.183. The van der Waals surface area contributed by atoms with Gasteiger partial charge in [0.2, 0.25) is 11.8 Å². The number of anilines is 1. The lowest BCUT2D eigenvalue weighted by Crippen LogP contribution is -2.40. The summed E-state index contributed by atoms with van der Waals surface area (Å²) in [4.78, 5) is 26.1. The third-order valence-electron chi connectivity index (χ3n) is 5.02. The van der Waals surface area contributed by atoms with Gasteiger partial charge in [0.05, 0.1) is 5.92 Å². The van der Waals surface area contributed by atoms with Crippen molar-refractivity contribution in [3.8, 4) is 0 Å². The first kappa shape index (κ1) is 19.4. The van der Waals surface area contributed by atoms with Crippen molar-refractivity contribution in [1.82, 2.24) is 4.90 Å². The fraction of sp³-hybridized carbons (Fsp3) is 0.600. The molecule has 0 aromatic heterocycles. The van der Waals surface area contributed by atoms with E-state index in [-0.39, 0.29) is 23.7 Å². The quantitative estimate of drug-likeness (QED) is 0.760. The second-order valence-electron chi connectivity index (χ2n) is 7.17. The van der Waals surface area contributed by atoms with Gasteiger partial charge in [-0.05, 0) is 37.4 Å². The Kier molecular flexibility index (Phi) is 7.44. The molecule has 1 aromatic rings. The number of nitrogens with zero attached hydrogens (tertiary/aromatic N) is 1. The van der Waals surface area contributed by atoms with Crippen molar-refractivity contribution in [2.75, 3.05) is 18.4 Å². The van der Waals surface area contributed by atoms with Gasteiger partial charge in [-0.25, -0.2) is 0 Å². The molecule has 2 amide bonds. The number of carbonyl (C=O) groups is 2. The largest absolute Gasteiger partial charge is 0.369 e. The van der Waals surface area contributed by atoms with E-state index in [1.54, 1.807) is 0 Å². The third kappa shape index (κ3) is 5.85. The fourth-order valence-electron chi connectivity index (χ4n) is 3.35. The molecular formula is C20H31N3O2. The van der Waals surface area contributed by atoms with E-state index in [4.69, 9.17) is 5.73 Å². The van der Waals surface area contributed by atoms with Gasteiger partial charge in [0.1, 0.15) is 0 Å². The highest BCUT2D eigenvalue weighted by Crippen LogP contribution is 2.23. The first-order valence-electron chi connectivity index (χ1n) is 9.41. The molecule has 0 radical (unpaired) electrons. The van der Waals surface area contributed by atoms with E-state index in [0.717, 1.165) is 56.4 Å². The van der Waals surface area contributed by atoms with Crippen LogP contribution in [0.15, 0.2) is 24.3 Å². The lowest BCUT2D eigenvalue weighted by atomic mass is 9.97. The molecule has 0 unspecified atom stereocenters. The number of nitrogens with one attached hydrogen (secondary N) is 1. The van der Waals surface area contributed by atoms with E-state index in [1.165, 1.54) is 0 Å². The molecule has 0 bridgehead atoms. The SMILES string of the molecule is CCCC[C@H](C)C(=O)Nc1ccccc1CN1CCC[C@H](C(N)=O)C1. The molecule has 0 aliphatic carbocycles. The number of likely N-dealkylation sites (tertiary alicyclic amines) is 1. The number of hydrogen-bond donors (Lipinski definition) is 2. The van der Waals surface area contributed by atoms with Gasteiger partial charge in [-0.1, -0.05) is 44.9 Å². The van der Waals surface area contributed by atoms with E-state index < -0.39 is 0 Å². The summed E-state index contributed by atoms with van der Waals surface area (Å²) in [7, 11) is 0. The Bertz CT molecular complexity index is 588. The van der Waals surface area contributed by atoms with Gasteiger partial charge >= 0.3 is 0 Å². The molecule has 25 heavy (non-hydrogen) atoms. The number of primary amides is 1. The molecule has 2 rings (SSSR count). The minimum Gasteiger partial charge on any atom is -0.369 e. The lowest BCUT2D eigenvalue weighted by molar-refractivity contribution is -0.123. The Morgan fingerprint density at radius 2 is 2.12 bits per heavy atom. The van der Waals surface area contributed by atoms with Gasteiger partial charge in [-0.3, -0.25) is 14.5 Å². The Morgan fingerprint density at radius 3 is 2.84 bits per heavy atom. The van der Waals surface area contributed by atoms with Crippen molar-refractivity contribution in [1.29, 1.82) is 0 Å². The zero-order valence-electron chi connectivity index (χ0n) is 15.5. The van der Waals surface area contributed by atoms with Gasteiger partial charge in [-0.2, -0.15) is 0 Å². The van der Waals surface area contributed by atoms with E-state index in [9.17, 15) is 9.59 Å². The van der Waals surface area contributed by atoms with Crippen molar-refractivity contribution in [3.63, 3.8) is 0 Å². The highest BCUT2D eigenvalue weighted by Gasteiger charge is 2.24. The van der Waals surface area contributed by atoms with Crippen LogP contribution in [0.5, 0.6) is 0 Å². The molecule has 1 fully saturated rings. The number of rotatable bonds is 8. The van der Waals surface area contributed by atoms with Gasteiger partial charge in [0.15, 0.2) is 0 Å². The number of benzene rings is 1. The number of nitrogens with two attached hydrogens (primary N) is 1. The Labute approximate surface area is 151 Å². The lowest BCUT2D eigenvalue weighted by Gasteiger charge is -2.31. The van der Waals surface area contributed by atoms with Crippen molar-refractivity contribution >= 4 is 17.5 Å². The Hall–Kier alpha value is -1.88. The average Bonchev–Trinajstić information content (AvgIpc) is 2.61. The fourth-order valence-corrected chi connectivity index (χ4v) is 3.35. The summed E-state index contributed by atoms with van der Waals surface area (Å²) >= 11 is 0. The first-order valence-corrected chi connectivity index (χ1v) is 9.41. The van der Waals surface area contributed by atoms with Crippen LogP contribution in [0.25, 0.3) is 0 Å². The highest BCUT2D eigenvalue weighted by atomic mass is 16.2. The maximum atomic E-state index is 12.4. The van der Waals surface area contributed by atoms with E-state index >= 15 is 0 Å². The summed E-state index contributed by atoms with van der Waals surface area (Å²) in [5, 5.41) is 3.09. The molecule has 1 heterocycles. The molecule has 2 atom stereocenters. The first-order chi connectivity index (χ1) is 12.0. The second kappa shape index (κ2) is 9.56. The number of unbranched alkanes of at least 4 members (excludes halogenated alkanes) is 1. The minimum atomic E-state index is -0.212. The zero-order chi connectivity index (χ0) is 18.2. The molecule has 1 aliphatic rings. The van der Waals surface area contributed by atoms with Crippen molar-refractivity contribution in [3.05, 3.63) is 29.8 Å². The molecule has 5 nitrogen and oxygen atoms in total. The monoisotopic (exact) mass is 345 g/mol. The number of piperidine rings is 1. The van der Waals surface area contributed by atoms with E-state index in [2.05, 4.69) is 17.1 Å². The van der Waals surface area contributed by atoms with Crippen LogP contribution in [-0.2, 0) is 16.1 Å². The molecule has 0 spiro atoms. The predicted molar refractivity (Wildman–Crippen MR) is 101 cm³/mol. The van der Waals surface area contributed by atoms with Gasteiger partial charge in [-0.15, -0.1) is 0 Å². The molecule has 5 heteroatoms. The van der Waals surface area contributed by atoms with Crippen molar-refractivity contribution in [2.45, 2.75) is 52.5 Å². The number of carbonyl (C=O) groups excluding carboxylic acids is 2. The molecular weight excluding hydrogens is 314 g/mol. The number of hydrogen-bond acceptors (Lipinski definition) is 3. The Morgan fingerprint density at radius 1 is 1.36 bits per heavy atom. The van der Waals surface area contributed by atoms with Crippen LogP contribution in [0.1, 0.15) is 51.5 Å². The average molecular weight is 345 g/mol. The summed E-state index contributed by atoms with van der Waals surface area (Å²) in [6.45, 7) is 6.50. The van der Waals surface area contributed by atoms with Gasteiger partial charge in [0, 0.05) is 24.7 Å². The normalized spacial score (nSPS) is 19.4. The van der Waals surface area contributed by atoms with Crippen LogP contribution in [0.2, 0.25) is 0 Å². The topological polar surface area (TPSA) is 75.4 Å². The molecule has 0 saturated carbocycles. The molecule has 3 N–H and O–H groups in total. The maximum absolute atomic E-state index is 12.4. The molecule has 1 saturated heterocycles. The zero-order valence-corrected chi connectivity index (χ0v) is 15.5. The summed E-state index contributed by atoms with van der Waals surface area (Å²) < 4.78 is 0. The summed E-state index contributed by atoms with van der Waals surface area (Å²) in [6.07, 6.45) is 4.94. The second-order valence-corrected chi connectivity index (χ2v) is 7.17. The van der Waals surface area contributed by atoms with Crippen LogP contribution in [0.4, 0.5) is 5.69 Å². The van der Waals surface area contributed by atoms with E-state index in [1.807, 2.05) is 31.2 Å². The van der Waals surface area contributed by atoms with E-state index in [0.29, 0.717) is 6.54 Å². The van der Waals surface area contributed by atoms with Crippen molar-refractivity contribution < 1.29 is 9.59 Å². The highest BCUT2D eigenvalue weighted by molar-refractivity contribution is 5.93. The standard InChI is InChI=1S/C20H31N3O2/c1-3-4-8-15(2)20(25)22-18-11-6-5-9-16(18)13-23-12-7-10-17(14-23)19(21)24/h5-6,9,11,15,17H,3-4,7-8,10,12-14H2,1-2H3,(H2,21,24)(H,22,25)/t15-,17-/m0/s1. The third-order valence-corrected chi connectivity index (χ3v) is 5.02. The number of amides is 2. The van der Waals surface area contributed by atoms with Gasteiger partial charge < -0.3 is 11.1 Å². The smallest absolute Gasteiger partial charge is 0.227 e. The molecule has 1 aliphatic heterocycles. The molecule has 1 aromatic carbocycles. The van der Waals surface area contributed by atoms with Crippen LogP contribution in [0.3, 0.4) is 0 Å². The van der Waals surface area contributed by atoms with Gasteiger partial charge in [0.25, 0.3) is 0 Å². The summed E-state index contributed by atoms with van der Waals surface area (Å²) in [5.41, 5.74) is 7.43. The summed E-state index contributed by atoms with van der Waals surface area (Å²) in [6, 6.07) is 7.93. The number of para-hydroxylation sites is 1. The van der Waals surface area contributed by atoms with Crippen LogP contribution >= 0.6 is 0 Å². The van der Waals surface area contributed by atoms with Crippen LogP contribution < -0.4 is 11.1 Å². The van der Waals surface area contributed by atoms with Crippen molar-refractivity contribution in [2.24, 2.45) is 17.6 Å². The maximum Gasteiger partial charge on any atom is 0.227 e. The minimum absolute atomic E-state index is 0.0160. The van der Waals surface area contributed by atoms with Crippen LogP contribution in [-0.4, -0.2) is 29.8 Å². The molecule has 138 valence electrons.